The third kappa shape index (κ3) is 4.28. The Morgan fingerprint density at radius 1 is 1.17 bits per heavy atom. The second kappa shape index (κ2) is 7.38. The summed E-state index contributed by atoms with van der Waals surface area (Å²) in [5.74, 6) is -1.70. The van der Waals surface area contributed by atoms with Crippen molar-refractivity contribution in [2.24, 2.45) is 0 Å². The summed E-state index contributed by atoms with van der Waals surface area (Å²) in [6, 6.07) is 14.8. The molecular formula is C17H11BrN2O3. The van der Waals surface area contributed by atoms with Gasteiger partial charge in [-0.2, -0.15) is 5.26 Å². The number of carboxylic acid groups (broad SMARTS) is 1. The third-order valence-electron chi connectivity index (χ3n) is 2.94. The summed E-state index contributed by atoms with van der Waals surface area (Å²) in [4.78, 5) is 23.1. The standard InChI is InChI=1S/C17H11BrN2O3/c18-15-7-2-1-4-11(15)8-13(10-19)16(21)20-14-6-3-5-12(9-14)17(22)23/h1-9H,(H,20,21)(H,22,23)/b13-8-. The fourth-order valence-corrected chi connectivity index (χ4v) is 2.22. The lowest BCUT2D eigenvalue weighted by molar-refractivity contribution is -0.112. The molecule has 0 heterocycles. The van der Waals surface area contributed by atoms with Crippen LogP contribution in [0, 0.1) is 11.3 Å². The number of rotatable bonds is 4. The van der Waals surface area contributed by atoms with E-state index in [2.05, 4.69) is 21.2 Å². The van der Waals surface area contributed by atoms with E-state index in [-0.39, 0.29) is 11.1 Å². The molecule has 0 aliphatic carbocycles. The lowest BCUT2D eigenvalue weighted by Crippen LogP contribution is -2.14. The zero-order valence-electron chi connectivity index (χ0n) is 11.8. The second-order valence-electron chi connectivity index (χ2n) is 4.53. The Kier molecular flexibility index (Phi) is 5.28. The minimum Gasteiger partial charge on any atom is -0.478 e. The van der Waals surface area contributed by atoms with E-state index in [9.17, 15) is 14.9 Å². The zero-order chi connectivity index (χ0) is 16.8. The summed E-state index contributed by atoms with van der Waals surface area (Å²) < 4.78 is 0.758. The molecule has 0 aliphatic rings. The molecule has 1 amide bonds. The first-order valence-electron chi connectivity index (χ1n) is 6.52. The highest BCUT2D eigenvalue weighted by Gasteiger charge is 2.11. The van der Waals surface area contributed by atoms with E-state index in [1.54, 1.807) is 24.3 Å². The predicted octanol–water partition coefficient (Wildman–Crippen LogP) is 3.69. The number of halogens is 1. The molecule has 23 heavy (non-hydrogen) atoms. The van der Waals surface area contributed by atoms with Gasteiger partial charge in [-0.15, -0.1) is 0 Å². The molecule has 2 aromatic rings. The van der Waals surface area contributed by atoms with Crippen LogP contribution in [0.5, 0.6) is 0 Å². The second-order valence-corrected chi connectivity index (χ2v) is 5.39. The van der Waals surface area contributed by atoms with Crippen molar-refractivity contribution in [3.63, 3.8) is 0 Å². The molecule has 0 bridgehead atoms. The average Bonchev–Trinajstić information content (AvgIpc) is 2.54. The number of nitrogens with one attached hydrogen (secondary N) is 1. The first-order valence-corrected chi connectivity index (χ1v) is 7.31. The Balaban J connectivity index is 2.25. The van der Waals surface area contributed by atoms with Crippen LogP contribution in [-0.4, -0.2) is 17.0 Å². The lowest BCUT2D eigenvalue weighted by atomic mass is 10.1. The fraction of sp³-hybridized carbons (Fsp3) is 0. The van der Waals surface area contributed by atoms with Crippen LogP contribution < -0.4 is 5.32 Å². The van der Waals surface area contributed by atoms with Crippen molar-refractivity contribution in [3.8, 4) is 6.07 Å². The van der Waals surface area contributed by atoms with Gasteiger partial charge in [0.15, 0.2) is 0 Å². The Morgan fingerprint density at radius 2 is 1.91 bits per heavy atom. The van der Waals surface area contributed by atoms with Crippen LogP contribution in [0.2, 0.25) is 0 Å². The molecule has 2 N–H and O–H groups in total. The SMILES string of the molecule is N#C/C(=C/c1ccccc1Br)C(=O)Nc1cccc(C(=O)O)c1. The summed E-state index contributed by atoms with van der Waals surface area (Å²) >= 11 is 3.34. The largest absolute Gasteiger partial charge is 0.478 e. The van der Waals surface area contributed by atoms with Gasteiger partial charge >= 0.3 is 5.97 Å². The highest BCUT2D eigenvalue weighted by atomic mass is 79.9. The van der Waals surface area contributed by atoms with Gasteiger partial charge in [0.05, 0.1) is 5.56 Å². The average molecular weight is 371 g/mol. The van der Waals surface area contributed by atoms with Gasteiger partial charge in [-0.05, 0) is 35.9 Å². The number of benzene rings is 2. The molecule has 6 heteroatoms. The van der Waals surface area contributed by atoms with E-state index >= 15 is 0 Å². The molecule has 0 spiro atoms. The smallest absolute Gasteiger partial charge is 0.335 e. The van der Waals surface area contributed by atoms with Gasteiger partial charge in [-0.25, -0.2) is 4.79 Å². The first-order chi connectivity index (χ1) is 11.0. The van der Waals surface area contributed by atoms with Gasteiger partial charge in [0.25, 0.3) is 5.91 Å². The van der Waals surface area contributed by atoms with Gasteiger partial charge in [-0.3, -0.25) is 4.79 Å². The molecule has 0 saturated heterocycles. The molecule has 0 aromatic heterocycles. The summed E-state index contributed by atoms with van der Waals surface area (Å²) in [5, 5.41) is 20.6. The monoisotopic (exact) mass is 370 g/mol. The minimum atomic E-state index is -1.09. The molecule has 0 unspecified atom stereocenters. The Bertz CT molecular complexity index is 838. The molecule has 0 saturated carbocycles. The van der Waals surface area contributed by atoms with Crippen LogP contribution in [0.25, 0.3) is 6.08 Å². The van der Waals surface area contributed by atoms with Gasteiger partial charge in [0, 0.05) is 10.2 Å². The van der Waals surface area contributed by atoms with Crippen LogP contribution in [0.1, 0.15) is 15.9 Å². The zero-order valence-corrected chi connectivity index (χ0v) is 13.4. The normalized spacial score (nSPS) is 10.7. The van der Waals surface area contributed by atoms with Gasteiger partial charge < -0.3 is 10.4 Å². The van der Waals surface area contributed by atoms with Crippen molar-refractivity contribution in [2.45, 2.75) is 0 Å². The fourth-order valence-electron chi connectivity index (χ4n) is 1.82. The van der Waals surface area contributed by atoms with Gasteiger partial charge in [0.1, 0.15) is 11.6 Å². The number of carbonyl (C=O) groups is 2. The number of hydrogen-bond acceptors (Lipinski definition) is 3. The Morgan fingerprint density at radius 3 is 2.57 bits per heavy atom. The molecule has 2 aromatic carbocycles. The van der Waals surface area contributed by atoms with Crippen LogP contribution in [0.15, 0.2) is 58.6 Å². The highest BCUT2D eigenvalue weighted by Crippen LogP contribution is 2.19. The molecular weight excluding hydrogens is 360 g/mol. The van der Waals surface area contributed by atoms with Crippen molar-refractivity contribution in [1.82, 2.24) is 0 Å². The maximum atomic E-state index is 12.2. The number of amides is 1. The summed E-state index contributed by atoms with van der Waals surface area (Å²) in [6.07, 6.45) is 1.46. The summed E-state index contributed by atoms with van der Waals surface area (Å²) in [5.41, 5.74) is 0.968. The number of nitrogens with zero attached hydrogens (tertiary/aromatic N) is 1. The summed E-state index contributed by atoms with van der Waals surface area (Å²) in [7, 11) is 0. The van der Waals surface area contributed by atoms with E-state index in [1.807, 2.05) is 12.1 Å². The molecule has 5 nitrogen and oxygen atoms in total. The quantitative estimate of drug-likeness (QED) is 0.634. The molecule has 2 rings (SSSR count). The topological polar surface area (TPSA) is 90.2 Å². The van der Waals surface area contributed by atoms with Crippen LogP contribution in [0.3, 0.4) is 0 Å². The lowest BCUT2D eigenvalue weighted by Gasteiger charge is -2.05. The molecule has 114 valence electrons. The van der Waals surface area contributed by atoms with E-state index in [4.69, 9.17) is 5.11 Å². The minimum absolute atomic E-state index is 0.0519. The number of hydrogen-bond donors (Lipinski definition) is 2. The number of aromatic carboxylic acids is 1. The van der Waals surface area contributed by atoms with Crippen LogP contribution in [-0.2, 0) is 4.79 Å². The molecule has 0 atom stereocenters. The van der Waals surface area contributed by atoms with E-state index < -0.39 is 11.9 Å². The molecule has 0 radical (unpaired) electrons. The van der Waals surface area contributed by atoms with Crippen molar-refractivity contribution >= 4 is 39.6 Å². The Hall–Kier alpha value is -2.91. The number of nitriles is 1. The number of anilines is 1. The molecule has 0 aliphatic heterocycles. The maximum absolute atomic E-state index is 12.2. The number of carbonyl (C=O) groups excluding carboxylic acids is 1. The van der Waals surface area contributed by atoms with Crippen molar-refractivity contribution in [2.75, 3.05) is 5.32 Å². The van der Waals surface area contributed by atoms with E-state index in [0.29, 0.717) is 11.3 Å². The third-order valence-corrected chi connectivity index (χ3v) is 3.66. The van der Waals surface area contributed by atoms with Crippen LogP contribution in [0.4, 0.5) is 5.69 Å². The van der Waals surface area contributed by atoms with E-state index in [1.165, 1.54) is 24.3 Å². The number of carboxylic acids is 1. The highest BCUT2D eigenvalue weighted by molar-refractivity contribution is 9.10. The Labute approximate surface area is 141 Å². The first kappa shape index (κ1) is 16.5. The van der Waals surface area contributed by atoms with Gasteiger partial charge in [-0.1, -0.05) is 40.2 Å². The van der Waals surface area contributed by atoms with Crippen molar-refractivity contribution in [1.29, 1.82) is 5.26 Å². The van der Waals surface area contributed by atoms with E-state index in [0.717, 1.165) is 4.47 Å². The predicted molar refractivity (Wildman–Crippen MR) is 89.8 cm³/mol. The summed E-state index contributed by atoms with van der Waals surface area (Å²) in [6.45, 7) is 0. The molecule has 0 fully saturated rings. The van der Waals surface area contributed by atoms with Gasteiger partial charge in [0.2, 0.25) is 0 Å². The van der Waals surface area contributed by atoms with Crippen molar-refractivity contribution < 1.29 is 14.7 Å². The van der Waals surface area contributed by atoms with Crippen molar-refractivity contribution in [3.05, 3.63) is 69.7 Å². The maximum Gasteiger partial charge on any atom is 0.335 e. The van der Waals surface area contributed by atoms with Crippen LogP contribution >= 0.6 is 15.9 Å².